The van der Waals surface area contributed by atoms with Crippen molar-refractivity contribution >= 4 is 28.8 Å². The Labute approximate surface area is 171 Å². The number of anilines is 4. The first-order valence-electron chi connectivity index (χ1n) is 9.99. The van der Waals surface area contributed by atoms with Crippen molar-refractivity contribution in [3.8, 4) is 0 Å². The number of amides is 1. The van der Waals surface area contributed by atoms with Crippen LogP contribution in [0, 0.1) is 6.92 Å². The van der Waals surface area contributed by atoms with Crippen LogP contribution < -0.4 is 15.5 Å². The molecule has 0 spiro atoms. The molecule has 1 aliphatic heterocycles. The number of carbonyl (C=O) groups is 1. The van der Waals surface area contributed by atoms with Crippen LogP contribution in [0.4, 0.5) is 22.9 Å². The maximum Gasteiger partial charge on any atom is 0.274 e. The van der Waals surface area contributed by atoms with Crippen LogP contribution in [0.25, 0.3) is 0 Å². The van der Waals surface area contributed by atoms with Crippen molar-refractivity contribution in [1.29, 1.82) is 0 Å². The zero-order valence-corrected chi connectivity index (χ0v) is 16.6. The lowest BCUT2D eigenvalue weighted by Crippen LogP contribution is -2.29. The molecule has 2 heterocycles. The molecular weight excluding hydrogens is 362 g/mol. The first-order valence-corrected chi connectivity index (χ1v) is 9.99. The maximum absolute atomic E-state index is 12.5. The monoisotopic (exact) mass is 387 g/mol. The van der Waals surface area contributed by atoms with Gasteiger partial charge in [0.1, 0.15) is 17.8 Å². The molecule has 0 atom stereocenters. The molecule has 0 saturated carbocycles. The van der Waals surface area contributed by atoms with Gasteiger partial charge in [0.15, 0.2) is 0 Å². The average molecular weight is 387 g/mol. The maximum atomic E-state index is 12.5. The van der Waals surface area contributed by atoms with Crippen molar-refractivity contribution in [3.63, 3.8) is 0 Å². The fourth-order valence-corrected chi connectivity index (χ4v) is 3.44. The standard InChI is InChI=1S/C23H25N5O/c1-17-5-7-19(8-6-17)27-23(29)21-15-22(25-16-24-21)26-18-9-11-20(12-10-18)28-13-3-2-4-14-28/h5-12,15-16H,2-4,13-14H2,1H3,(H,27,29)(H,24,25,26). The van der Waals surface area contributed by atoms with Gasteiger partial charge in [-0.25, -0.2) is 9.97 Å². The van der Waals surface area contributed by atoms with Crippen LogP contribution in [-0.4, -0.2) is 29.0 Å². The van der Waals surface area contributed by atoms with Crippen LogP contribution in [0.15, 0.2) is 60.9 Å². The van der Waals surface area contributed by atoms with E-state index in [1.54, 1.807) is 6.07 Å². The quantitative estimate of drug-likeness (QED) is 0.660. The molecule has 1 aliphatic rings. The molecule has 1 fully saturated rings. The van der Waals surface area contributed by atoms with Crippen molar-refractivity contribution in [1.82, 2.24) is 9.97 Å². The number of rotatable bonds is 5. The SMILES string of the molecule is Cc1ccc(NC(=O)c2cc(Nc3ccc(N4CCCCC4)cc3)ncn2)cc1. The van der Waals surface area contributed by atoms with Crippen LogP contribution in [0.2, 0.25) is 0 Å². The molecule has 2 aromatic carbocycles. The molecule has 4 rings (SSSR count). The number of hydrogen-bond acceptors (Lipinski definition) is 5. The van der Waals surface area contributed by atoms with E-state index in [2.05, 4.69) is 37.6 Å². The molecule has 2 N–H and O–H groups in total. The Bertz CT molecular complexity index is 963. The molecule has 29 heavy (non-hydrogen) atoms. The number of hydrogen-bond donors (Lipinski definition) is 2. The minimum absolute atomic E-state index is 0.264. The molecule has 1 saturated heterocycles. The van der Waals surface area contributed by atoms with Crippen LogP contribution >= 0.6 is 0 Å². The van der Waals surface area contributed by atoms with E-state index in [1.165, 1.54) is 31.3 Å². The lowest BCUT2D eigenvalue weighted by Gasteiger charge is -2.28. The predicted molar refractivity (Wildman–Crippen MR) is 117 cm³/mol. The van der Waals surface area contributed by atoms with Gasteiger partial charge in [-0.15, -0.1) is 0 Å². The van der Waals surface area contributed by atoms with Gasteiger partial charge < -0.3 is 15.5 Å². The summed E-state index contributed by atoms with van der Waals surface area (Å²) < 4.78 is 0. The van der Waals surface area contributed by atoms with Crippen LogP contribution in [-0.2, 0) is 0 Å². The van der Waals surface area contributed by atoms with E-state index in [9.17, 15) is 4.79 Å². The highest BCUT2D eigenvalue weighted by Gasteiger charge is 2.12. The number of piperidine rings is 1. The number of nitrogens with one attached hydrogen (secondary N) is 2. The Kier molecular flexibility index (Phi) is 5.70. The van der Waals surface area contributed by atoms with E-state index in [4.69, 9.17) is 0 Å². The molecule has 0 bridgehead atoms. The Balaban J connectivity index is 1.41. The van der Waals surface area contributed by atoms with E-state index in [-0.39, 0.29) is 5.91 Å². The normalized spacial score (nSPS) is 13.8. The van der Waals surface area contributed by atoms with Crippen molar-refractivity contribution in [2.45, 2.75) is 26.2 Å². The second kappa shape index (κ2) is 8.73. The molecule has 1 amide bonds. The lowest BCUT2D eigenvalue weighted by molar-refractivity contribution is 0.102. The number of benzene rings is 2. The van der Waals surface area contributed by atoms with Gasteiger partial charge in [0.25, 0.3) is 5.91 Å². The summed E-state index contributed by atoms with van der Waals surface area (Å²) in [5.74, 6) is 0.319. The van der Waals surface area contributed by atoms with Gasteiger partial charge in [-0.2, -0.15) is 0 Å². The number of nitrogens with zero attached hydrogens (tertiary/aromatic N) is 3. The van der Waals surface area contributed by atoms with Gasteiger partial charge in [-0.3, -0.25) is 4.79 Å². The Morgan fingerprint density at radius 3 is 2.31 bits per heavy atom. The zero-order chi connectivity index (χ0) is 20.1. The highest BCUT2D eigenvalue weighted by Crippen LogP contribution is 2.23. The molecule has 0 radical (unpaired) electrons. The summed E-state index contributed by atoms with van der Waals surface area (Å²) in [6.45, 7) is 4.25. The van der Waals surface area contributed by atoms with Crippen molar-refractivity contribution in [3.05, 3.63) is 72.2 Å². The van der Waals surface area contributed by atoms with E-state index >= 15 is 0 Å². The first-order chi connectivity index (χ1) is 14.2. The topological polar surface area (TPSA) is 70.2 Å². The fourth-order valence-electron chi connectivity index (χ4n) is 3.44. The Morgan fingerprint density at radius 1 is 0.897 bits per heavy atom. The number of aryl methyl sites for hydroxylation is 1. The third-order valence-electron chi connectivity index (χ3n) is 5.07. The zero-order valence-electron chi connectivity index (χ0n) is 16.6. The van der Waals surface area contributed by atoms with Gasteiger partial charge >= 0.3 is 0 Å². The first kappa shape index (κ1) is 18.9. The van der Waals surface area contributed by atoms with Gasteiger partial charge in [0.05, 0.1) is 0 Å². The van der Waals surface area contributed by atoms with Crippen LogP contribution in [0.3, 0.4) is 0 Å². The second-order valence-corrected chi connectivity index (χ2v) is 7.33. The molecule has 0 unspecified atom stereocenters. The largest absolute Gasteiger partial charge is 0.372 e. The van der Waals surface area contributed by atoms with Crippen LogP contribution in [0.1, 0.15) is 35.3 Å². The predicted octanol–water partition coefficient (Wildman–Crippen LogP) is 4.77. The van der Waals surface area contributed by atoms with E-state index in [1.807, 2.05) is 43.3 Å². The van der Waals surface area contributed by atoms with Gasteiger partial charge in [0, 0.05) is 36.2 Å². The molecule has 1 aromatic heterocycles. The third kappa shape index (κ3) is 4.90. The highest BCUT2D eigenvalue weighted by molar-refractivity contribution is 6.03. The summed E-state index contributed by atoms with van der Waals surface area (Å²) in [6, 6.07) is 17.6. The Hall–Kier alpha value is -3.41. The van der Waals surface area contributed by atoms with Gasteiger partial charge in [-0.05, 0) is 62.6 Å². The minimum atomic E-state index is -0.264. The summed E-state index contributed by atoms with van der Waals surface area (Å²) in [5, 5.41) is 6.11. The molecule has 6 nitrogen and oxygen atoms in total. The number of carbonyl (C=O) groups excluding carboxylic acids is 1. The minimum Gasteiger partial charge on any atom is -0.372 e. The summed E-state index contributed by atoms with van der Waals surface area (Å²) in [5.41, 5.74) is 4.36. The summed E-state index contributed by atoms with van der Waals surface area (Å²) in [6.07, 6.45) is 5.24. The Morgan fingerprint density at radius 2 is 1.59 bits per heavy atom. The highest BCUT2D eigenvalue weighted by atomic mass is 16.1. The summed E-state index contributed by atoms with van der Waals surface area (Å²) in [7, 11) is 0. The summed E-state index contributed by atoms with van der Waals surface area (Å²) >= 11 is 0. The van der Waals surface area contributed by atoms with Crippen LogP contribution in [0.5, 0.6) is 0 Å². The van der Waals surface area contributed by atoms with Gasteiger partial charge in [0.2, 0.25) is 0 Å². The van der Waals surface area contributed by atoms with Gasteiger partial charge in [-0.1, -0.05) is 17.7 Å². The lowest BCUT2D eigenvalue weighted by atomic mass is 10.1. The molecule has 0 aliphatic carbocycles. The fraction of sp³-hybridized carbons (Fsp3) is 0.261. The van der Waals surface area contributed by atoms with Crippen molar-refractivity contribution < 1.29 is 4.79 Å². The average Bonchev–Trinajstić information content (AvgIpc) is 2.77. The van der Waals surface area contributed by atoms with E-state index in [0.717, 1.165) is 30.0 Å². The molecule has 6 heteroatoms. The van der Waals surface area contributed by atoms with Crippen molar-refractivity contribution in [2.24, 2.45) is 0 Å². The van der Waals surface area contributed by atoms with E-state index in [0.29, 0.717) is 11.5 Å². The number of aromatic nitrogens is 2. The summed E-state index contributed by atoms with van der Waals surface area (Å²) in [4.78, 5) is 23.2. The molecule has 148 valence electrons. The third-order valence-corrected chi connectivity index (χ3v) is 5.07. The smallest absolute Gasteiger partial charge is 0.274 e. The van der Waals surface area contributed by atoms with E-state index < -0.39 is 0 Å². The molecular formula is C23H25N5O. The molecule has 3 aromatic rings. The second-order valence-electron chi connectivity index (χ2n) is 7.33. The van der Waals surface area contributed by atoms with Crippen molar-refractivity contribution in [2.75, 3.05) is 28.6 Å².